The predicted octanol–water partition coefficient (Wildman–Crippen LogP) is 11.3. The van der Waals surface area contributed by atoms with Crippen LogP contribution >= 0.6 is 0 Å². The van der Waals surface area contributed by atoms with Crippen molar-refractivity contribution in [3.63, 3.8) is 0 Å². The summed E-state index contributed by atoms with van der Waals surface area (Å²) in [5.41, 5.74) is -1.71. The van der Waals surface area contributed by atoms with Gasteiger partial charge in [-0.05, 0) is 102 Å². The molecule has 10 rings (SSSR count). The minimum Gasteiger partial charge on any atom is -0.506 e. The molecule has 10 aromatic rings. The van der Waals surface area contributed by atoms with Gasteiger partial charge in [-0.2, -0.15) is 57.4 Å². The molecule has 0 atom stereocenters. The van der Waals surface area contributed by atoms with Gasteiger partial charge in [-0.25, -0.2) is 0 Å². The monoisotopic (exact) mass is 1510 g/mol. The summed E-state index contributed by atoms with van der Waals surface area (Å²) in [6, 6.07) is 27.8. The molecule has 0 amide bonds. The molecular formula is C54H39Cu2N9O24S6. The summed E-state index contributed by atoms with van der Waals surface area (Å²) >= 11 is 0. The van der Waals surface area contributed by atoms with Crippen LogP contribution in [0.2, 0.25) is 0 Å². The molecule has 0 bridgehead atoms. The standard InChI is InChI=1S/C54H39N9O21S5.2Cu.O3S/c1-84-46-24-42(45(66)23-43(46)62-57-32-19-38-36(50(21-32)88(78,79)80)5-3-7-48(38)86(72,73)74)61-63-52-51(89(81,82)83)17-27-15-30(10-12-34(27)54(52)68)55-29-9-11-33-26(14-29)8-13-39(53(33)67)58-60-41-16-28(25-64)40(22-44(41)65)59-56-31-18-37-35(49(20-31)87(75,76)77)4-2-6-47(37)85(69,70)71;;;1-4(2)3/h2-24,55,64-68H,25H2,1H3,(H,69,70,71)(H,72,73,74)(H,75,76,77)(H,78,79,80)(H,81,82,83);;;. The van der Waals surface area contributed by atoms with Crippen LogP contribution < -0.4 is 10.1 Å². The third-order valence-electron chi connectivity index (χ3n) is 13.2. The van der Waals surface area contributed by atoms with Gasteiger partial charge in [0.05, 0.1) is 30.8 Å². The second kappa shape index (κ2) is 28.3. The summed E-state index contributed by atoms with van der Waals surface area (Å²) < 4.78 is 203. The summed E-state index contributed by atoms with van der Waals surface area (Å²) in [5, 5.41) is 89.1. The van der Waals surface area contributed by atoms with Crippen molar-refractivity contribution in [3.05, 3.63) is 145 Å². The zero-order valence-electron chi connectivity index (χ0n) is 46.8. The Morgan fingerprint density at radius 3 is 1.32 bits per heavy atom. The Morgan fingerprint density at radius 2 is 0.832 bits per heavy atom. The molecule has 0 unspecified atom stereocenters. The van der Waals surface area contributed by atoms with E-state index in [0.29, 0.717) is 16.8 Å². The van der Waals surface area contributed by atoms with Gasteiger partial charge in [-0.3, -0.25) is 22.8 Å². The zero-order chi connectivity index (χ0) is 67.9. The largest absolute Gasteiger partial charge is 0.506 e. The van der Waals surface area contributed by atoms with Crippen molar-refractivity contribution in [2.45, 2.75) is 31.1 Å². The molecule has 0 aliphatic heterocycles. The number of anilines is 2. The fourth-order valence-electron chi connectivity index (χ4n) is 9.17. The normalized spacial score (nSPS) is 12.4. The average molecular weight is 1520 g/mol. The van der Waals surface area contributed by atoms with E-state index in [1.54, 1.807) is 18.2 Å². The Kier molecular flexibility index (Phi) is 21.7. The van der Waals surface area contributed by atoms with Crippen molar-refractivity contribution in [2.24, 2.45) is 40.9 Å². The van der Waals surface area contributed by atoms with E-state index in [0.717, 1.165) is 72.8 Å². The number of fused-ring (bicyclic) bond motifs is 4. The van der Waals surface area contributed by atoms with Crippen molar-refractivity contribution < 1.29 is 142 Å². The minimum absolute atomic E-state index is 0. The van der Waals surface area contributed by atoms with Crippen LogP contribution in [0.4, 0.5) is 56.9 Å². The molecule has 0 aliphatic rings. The van der Waals surface area contributed by atoms with Gasteiger partial charge in [-0.1, -0.05) is 30.3 Å². The Bertz CT molecular complexity index is 5690. The number of hydrogen-bond donors (Lipinski definition) is 11. The molecule has 2 radical (unpaired) electrons. The van der Waals surface area contributed by atoms with Crippen LogP contribution in [0.25, 0.3) is 43.1 Å². The number of aliphatic hydroxyl groups excluding tert-OH is 1. The van der Waals surface area contributed by atoms with Crippen molar-refractivity contribution in [3.8, 4) is 28.7 Å². The van der Waals surface area contributed by atoms with Crippen molar-refractivity contribution in [1.82, 2.24) is 0 Å². The summed E-state index contributed by atoms with van der Waals surface area (Å²) in [5.74, 6) is -2.52. The first kappa shape index (κ1) is 73.0. The molecule has 11 N–H and O–H groups in total. The van der Waals surface area contributed by atoms with Gasteiger partial charge in [0.1, 0.15) is 70.2 Å². The molecule has 41 heteroatoms. The Labute approximate surface area is 557 Å². The third-order valence-corrected chi connectivity index (χ3v) is 17.7. The number of ether oxygens (including phenoxy) is 1. The number of rotatable bonds is 17. The maximum absolute atomic E-state index is 12.8. The van der Waals surface area contributed by atoms with E-state index in [4.69, 9.17) is 17.4 Å². The molecule has 0 heterocycles. The van der Waals surface area contributed by atoms with E-state index in [9.17, 15) is 90.4 Å². The van der Waals surface area contributed by atoms with Crippen molar-refractivity contribution in [2.75, 3.05) is 12.4 Å². The summed E-state index contributed by atoms with van der Waals surface area (Å²) in [6.07, 6.45) is 0. The molecule has 10 aromatic carbocycles. The zero-order valence-corrected chi connectivity index (χ0v) is 53.6. The number of aromatic hydroxyl groups is 4. The number of benzene rings is 10. The van der Waals surface area contributed by atoms with Crippen LogP contribution in [0.15, 0.2) is 205 Å². The summed E-state index contributed by atoms with van der Waals surface area (Å²) in [4.78, 5) is -3.84. The van der Waals surface area contributed by atoms with Gasteiger partial charge in [0.2, 0.25) is 0 Å². The van der Waals surface area contributed by atoms with E-state index in [1.807, 2.05) is 0 Å². The molecule has 0 saturated carbocycles. The molecule has 0 aromatic heterocycles. The first-order chi connectivity index (χ1) is 43.5. The number of phenolic OH excluding ortho intramolecular Hbond substituents is 4. The predicted molar refractivity (Wildman–Crippen MR) is 327 cm³/mol. The number of azo groups is 4. The fraction of sp³-hybridized carbons (Fsp3) is 0.0370. The van der Waals surface area contributed by atoms with Crippen molar-refractivity contribution in [1.29, 1.82) is 0 Å². The first-order valence-corrected chi connectivity index (χ1v) is 33.4. The van der Waals surface area contributed by atoms with Gasteiger partial charge >= 0.3 is 10.6 Å². The minimum atomic E-state index is -5.16. The summed E-state index contributed by atoms with van der Waals surface area (Å²) in [6.45, 7) is -0.707. The Balaban J connectivity index is 0.00000207. The smallest absolute Gasteiger partial charge is 0.425 e. The molecule has 0 spiro atoms. The molecule has 502 valence electrons. The molecule has 95 heavy (non-hydrogen) atoms. The number of nitrogens with one attached hydrogen (secondary N) is 1. The maximum Gasteiger partial charge on any atom is 0.425 e. The number of aliphatic hydroxyl groups is 1. The van der Waals surface area contributed by atoms with Crippen LogP contribution in [0.5, 0.6) is 28.7 Å². The van der Waals surface area contributed by atoms with Crippen LogP contribution in [-0.2, 0) is 102 Å². The van der Waals surface area contributed by atoms with E-state index in [1.165, 1.54) is 55.6 Å². The Morgan fingerprint density at radius 1 is 0.400 bits per heavy atom. The van der Waals surface area contributed by atoms with Gasteiger partial charge in [0.15, 0.2) is 11.5 Å². The van der Waals surface area contributed by atoms with Crippen LogP contribution in [-0.4, -0.2) is 110 Å². The quantitative estimate of drug-likeness (QED) is 0.0229. The number of phenols is 4. The second-order valence-electron chi connectivity index (χ2n) is 19.1. The van der Waals surface area contributed by atoms with Crippen LogP contribution in [0.3, 0.4) is 0 Å². The summed E-state index contributed by atoms with van der Waals surface area (Å²) in [7, 11) is -26.9. The van der Waals surface area contributed by atoms with Crippen LogP contribution in [0.1, 0.15) is 5.56 Å². The number of hydrogen-bond acceptors (Lipinski definition) is 28. The molecule has 0 saturated heterocycles. The SMILES string of the molecule is COc1cc(N=Nc2c(S(=O)(=O)O)cc3cc(Nc4ccc5c(O)c(N=Nc6cc(CO)c(N=Nc7cc(S(=O)(=O)O)c8cccc(S(=O)(=O)O)c8c7)cc6O)ccc5c4)ccc3c2O)c(O)cc1N=Nc1cc(S(=O)(=O)O)c2cccc(S(=O)(=O)O)c2c1.O=S(=O)=O.[Cu].[Cu]. The van der Waals surface area contributed by atoms with Crippen molar-refractivity contribution >= 4 is 161 Å². The van der Waals surface area contributed by atoms with Gasteiger partial charge < -0.3 is 35.6 Å². The van der Waals surface area contributed by atoms with Gasteiger partial charge in [0.25, 0.3) is 50.6 Å². The molecular weight excluding hydrogens is 1480 g/mol. The van der Waals surface area contributed by atoms with Gasteiger partial charge in [0, 0.05) is 102 Å². The van der Waals surface area contributed by atoms with E-state index in [-0.39, 0.29) is 123 Å². The molecule has 0 aliphatic carbocycles. The van der Waals surface area contributed by atoms with E-state index < -0.39 is 121 Å². The first-order valence-electron chi connectivity index (χ1n) is 25.2. The number of methoxy groups -OCH3 is 1. The average Bonchev–Trinajstić information content (AvgIpc) is 0.782. The van der Waals surface area contributed by atoms with E-state index in [2.05, 4.69) is 46.2 Å². The fourth-order valence-corrected chi connectivity index (χ4v) is 12.7. The third kappa shape index (κ3) is 16.4. The number of nitrogens with zero attached hydrogens (tertiary/aromatic N) is 8. The second-order valence-corrected chi connectivity index (χ2v) is 26.5. The Hall–Kier alpha value is -9.39. The van der Waals surface area contributed by atoms with E-state index >= 15 is 0 Å². The molecule has 0 fully saturated rings. The molecule has 33 nitrogen and oxygen atoms in total. The van der Waals surface area contributed by atoms with Crippen LogP contribution in [0, 0.1) is 0 Å². The van der Waals surface area contributed by atoms with Gasteiger partial charge in [-0.15, -0.1) is 38.2 Å². The topological polar surface area (TPSA) is 544 Å². The maximum atomic E-state index is 12.8.